The van der Waals surface area contributed by atoms with Crippen LogP contribution < -0.4 is 5.32 Å². The average Bonchev–Trinajstić information content (AvgIpc) is 2.52. The van der Waals surface area contributed by atoms with Crippen LogP contribution in [0.1, 0.15) is 58.6 Å². The Morgan fingerprint density at radius 3 is 1.95 bits per heavy atom. The molecule has 1 aromatic rings. The molecular weight excluding hydrogens is 230 g/mol. The minimum atomic E-state index is 0.605. The fourth-order valence-corrected chi connectivity index (χ4v) is 1.71. The highest BCUT2D eigenvalue weighted by atomic mass is 14.8. The van der Waals surface area contributed by atoms with Crippen molar-refractivity contribution >= 4 is 5.57 Å². The van der Waals surface area contributed by atoms with Crippen LogP contribution in [0.5, 0.6) is 0 Å². The molecule has 2 rings (SSSR count). The van der Waals surface area contributed by atoms with Crippen molar-refractivity contribution in [2.24, 2.45) is 0 Å². The fraction of sp³-hybridized carbons (Fsp3) is 0.444. The number of nitrogens with one attached hydrogen (secondary N) is 1. The van der Waals surface area contributed by atoms with Gasteiger partial charge in [0.15, 0.2) is 0 Å². The number of benzene rings is 1. The first-order chi connectivity index (χ1) is 9.27. The zero-order valence-electron chi connectivity index (χ0n) is 13.3. The minimum Gasteiger partial charge on any atom is -0.387 e. The van der Waals surface area contributed by atoms with Gasteiger partial charge in [0.05, 0.1) is 0 Å². The Balaban J connectivity index is 0.000000741. The highest BCUT2D eigenvalue weighted by molar-refractivity contribution is 5.74. The standard InChI is InChI=1S/C14H17N.2C2H6/c1-11(2)12-5-7-13(8-6-12)14-4-3-9-15-10-14;2*1-2/h3-8,10-11,15H,9H2,1-2H3;2*1-2H3. The van der Waals surface area contributed by atoms with Crippen molar-refractivity contribution in [1.29, 1.82) is 0 Å². The van der Waals surface area contributed by atoms with Crippen molar-refractivity contribution in [1.82, 2.24) is 5.32 Å². The maximum atomic E-state index is 3.22. The molecule has 1 aliphatic heterocycles. The van der Waals surface area contributed by atoms with Crippen LogP contribution in [-0.2, 0) is 0 Å². The van der Waals surface area contributed by atoms with E-state index in [4.69, 9.17) is 0 Å². The summed E-state index contributed by atoms with van der Waals surface area (Å²) in [5.74, 6) is 0.605. The van der Waals surface area contributed by atoms with E-state index in [0.29, 0.717) is 5.92 Å². The Morgan fingerprint density at radius 2 is 1.53 bits per heavy atom. The molecule has 1 heteroatoms. The minimum absolute atomic E-state index is 0.605. The molecule has 0 spiro atoms. The van der Waals surface area contributed by atoms with E-state index in [-0.39, 0.29) is 0 Å². The maximum Gasteiger partial charge on any atom is 0.0328 e. The van der Waals surface area contributed by atoms with Gasteiger partial charge in [-0.25, -0.2) is 0 Å². The highest BCUT2D eigenvalue weighted by Crippen LogP contribution is 2.20. The maximum absolute atomic E-state index is 3.22. The van der Waals surface area contributed by atoms with Crippen LogP contribution in [-0.4, -0.2) is 6.54 Å². The Hall–Kier alpha value is -1.50. The monoisotopic (exact) mass is 259 g/mol. The molecule has 0 unspecified atom stereocenters. The van der Waals surface area contributed by atoms with Crippen LogP contribution in [0, 0.1) is 0 Å². The molecule has 0 aromatic heterocycles. The second-order valence-corrected chi connectivity index (χ2v) is 4.19. The van der Waals surface area contributed by atoms with Gasteiger partial charge in [-0.15, -0.1) is 0 Å². The number of allylic oxidation sites excluding steroid dienone is 2. The van der Waals surface area contributed by atoms with Crippen molar-refractivity contribution < 1.29 is 0 Å². The summed E-state index contributed by atoms with van der Waals surface area (Å²) in [6.45, 7) is 13.4. The molecule has 0 bridgehead atoms. The van der Waals surface area contributed by atoms with Crippen LogP contribution >= 0.6 is 0 Å². The molecule has 1 aliphatic rings. The van der Waals surface area contributed by atoms with Crippen LogP contribution in [0.4, 0.5) is 0 Å². The summed E-state index contributed by atoms with van der Waals surface area (Å²) in [4.78, 5) is 0. The van der Waals surface area contributed by atoms with E-state index in [0.717, 1.165) is 6.54 Å². The van der Waals surface area contributed by atoms with E-state index < -0.39 is 0 Å². The van der Waals surface area contributed by atoms with E-state index in [9.17, 15) is 0 Å². The Bertz CT molecular complexity index is 383. The molecule has 0 fully saturated rings. The largest absolute Gasteiger partial charge is 0.387 e. The molecule has 1 heterocycles. The fourth-order valence-electron chi connectivity index (χ4n) is 1.71. The normalized spacial score (nSPS) is 12.5. The SMILES string of the molecule is CC.CC.CC(C)c1ccc(C2=CNCC=C2)cc1. The van der Waals surface area contributed by atoms with E-state index in [1.165, 1.54) is 16.7 Å². The molecule has 0 saturated carbocycles. The number of hydrogen-bond acceptors (Lipinski definition) is 1. The quantitative estimate of drug-likeness (QED) is 0.753. The Morgan fingerprint density at radius 1 is 0.947 bits per heavy atom. The predicted octanol–water partition coefficient (Wildman–Crippen LogP) is 5.36. The Kier molecular flexibility index (Phi) is 9.60. The average molecular weight is 259 g/mol. The van der Waals surface area contributed by atoms with Gasteiger partial charge in [0, 0.05) is 12.7 Å². The van der Waals surface area contributed by atoms with Crippen molar-refractivity contribution in [2.45, 2.75) is 47.5 Å². The van der Waals surface area contributed by atoms with Crippen LogP contribution in [0.15, 0.2) is 42.6 Å². The molecule has 0 atom stereocenters. The number of rotatable bonds is 2. The van der Waals surface area contributed by atoms with Crippen molar-refractivity contribution in [3.63, 3.8) is 0 Å². The van der Waals surface area contributed by atoms with Gasteiger partial charge >= 0.3 is 0 Å². The van der Waals surface area contributed by atoms with Gasteiger partial charge in [0.2, 0.25) is 0 Å². The lowest BCUT2D eigenvalue weighted by Gasteiger charge is -2.10. The summed E-state index contributed by atoms with van der Waals surface area (Å²) >= 11 is 0. The van der Waals surface area contributed by atoms with Gasteiger partial charge in [-0.3, -0.25) is 0 Å². The van der Waals surface area contributed by atoms with E-state index in [1.54, 1.807) is 0 Å². The predicted molar refractivity (Wildman–Crippen MR) is 88.3 cm³/mol. The lowest BCUT2D eigenvalue weighted by Crippen LogP contribution is -2.08. The zero-order valence-corrected chi connectivity index (χ0v) is 13.3. The summed E-state index contributed by atoms with van der Waals surface area (Å²) in [6, 6.07) is 8.81. The second-order valence-electron chi connectivity index (χ2n) is 4.19. The second kappa shape index (κ2) is 10.4. The first-order valence-corrected chi connectivity index (χ1v) is 7.48. The summed E-state index contributed by atoms with van der Waals surface area (Å²) < 4.78 is 0. The van der Waals surface area contributed by atoms with Crippen molar-refractivity contribution in [2.75, 3.05) is 6.54 Å². The van der Waals surface area contributed by atoms with Gasteiger partial charge in [0.25, 0.3) is 0 Å². The molecule has 19 heavy (non-hydrogen) atoms. The van der Waals surface area contributed by atoms with Gasteiger partial charge in [0.1, 0.15) is 0 Å². The first kappa shape index (κ1) is 17.5. The van der Waals surface area contributed by atoms with Gasteiger partial charge in [-0.2, -0.15) is 0 Å². The van der Waals surface area contributed by atoms with Gasteiger partial charge < -0.3 is 5.32 Å². The third-order valence-corrected chi connectivity index (χ3v) is 2.70. The summed E-state index contributed by atoms with van der Waals surface area (Å²) in [7, 11) is 0. The van der Waals surface area contributed by atoms with Crippen molar-refractivity contribution in [3.8, 4) is 0 Å². The van der Waals surface area contributed by atoms with Gasteiger partial charge in [-0.1, -0.05) is 78.0 Å². The molecule has 0 radical (unpaired) electrons. The summed E-state index contributed by atoms with van der Waals surface area (Å²) in [5, 5.41) is 3.22. The summed E-state index contributed by atoms with van der Waals surface area (Å²) in [6.07, 6.45) is 6.39. The van der Waals surface area contributed by atoms with E-state index >= 15 is 0 Å². The van der Waals surface area contributed by atoms with E-state index in [1.807, 2.05) is 27.7 Å². The molecule has 1 N–H and O–H groups in total. The van der Waals surface area contributed by atoms with Gasteiger partial charge in [-0.05, 0) is 22.6 Å². The molecule has 106 valence electrons. The highest BCUT2D eigenvalue weighted by Gasteiger charge is 2.02. The summed E-state index contributed by atoms with van der Waals surface area (Å²) in [5.41, 5.74) is 3.94. The lowest BCUT2D eigenvalue weighted by atomic mass is 9.98. The lowest BCUT2D eigenvalue weighted by molar-refractivity contribution is 0.866. The third-order valence-electron chi connectivity index (χ3n) is 2.70. The molecule has 0 saturated heterocycles. The molecular formula is C18H29N. The molecule has 0 aliphatic carbocycles. The number of hydrogen-bond donors (Lipinski definition) is 1. The number of dihydropyridines is 1. The third kappa shape index (κ3) is 5.78. The Labute approximate surface area is 119 Å². The van der Waals surface area contributed by atoms with Crippen molar-refractivity contribution in [3.05, 3.63) is 53.7 Å². The molecule has 1 aromatic carbocycles. The topological polar surface area (TPSA) is 12.0 Å². The molecule has 1 nitrogen and oxygen atoms in total. The molecule has 0 amide bonds. The van der Waals surface area contributed by atoms with Crippen LogP contribution in [0.2, 0.25) is 0 Å². The van der Waals surface area contributed by atoms with Crippen LogP contribution in [0.25, 0.3) is 5.57 Å². The zero-order chi connectivity index (χ0) is 14.7. The smallest absolute Gasteiger partial charge is 0.0328 e. The van der Waals surface area contributed by atoms with E-state index in [2.05, 4.69) is 61.8 Å². The van der Waals surface area contributed by atoms with Crippen LogP contribution in [0.3, 0.4) is 0 Å². The first-order valence-electron chi connectivity index (χ1n) is 7.48.